The van der Waals surface area contributed by atoms with Crippen LogP contribution in [0, 0.1) is 24.7 Å². The van der Waals surface area contributed by atoms with Gasteiger partial charge in [-0.1, -0.05) is 24.3 Å². The molecule has 1 aromatic heterocycles. The van der Waals surface area contributed by atoms with Gasteiger partial charge in [0.05, 0.1) is 22.0 Å². The fourth-order valence-electron chi connectivity index (χ4n) is 8.30. The molecule has 2 amide bonds. The summed E-state index contributed by atoms with van der Waals surface area (Å²) in [5, 5.41) is 0. The van der Waals surface area contributed by atoms with Crippen LogP contribution in [-0.2, 0) is 14.8 Å². The summed E-state index contributed by atoms with van der Waals surface area (Å²) in [6, 6.07) is 11.2. The average Bonchev–Trinajstić information content (AvgIpc) is 3.86. The number of anilines is 1. The van der Waals surface area contributed by atoms with Crippen molar-refractivity contribution in [3.63, 3.8) is 0 Å². The second-order valence-electron chi connectivity index (χ2n) is 16.5. The van der Waals surface area contributed by atoms with Crippen molar-refractivity contribution in [1.82, 2.24) is 19.8 Å². The normalized spacial score (nSPS) is 22.1. The Labute approximate surface area is 313 Å². The fraction of sp³-hybridized carbons (Fsp3) is 0.538. The van der Waals surface area contributed by atoms with Gasteiger partial charge in [0.25, 0.3) is 15.9 Å². The predicted octanol–water partition coefficient (Wildman–Crippen LogP) is 7.68. The number of alkyl halides is 3. The number of carbonyl (C=O) groups excluding carboxylic acids is 2. The summed E-state index contributed by atoms with van der Waals surface area (Å²) in [5.41, 5.74) is 0.0427. The number of likely N-dealkylation sites (tertiary alicyclic amines) is 1. The highest BCUT2D eigenvalue weighted by Gasteiger charge is 2.64. The molecule has 2 aliphatic carbocycles. The molecule has 2 aromatic carbocycles. The van der Waals surface area contributed by atoms with Crippen LogP contribution in [0.3, 0.4) is 0 Å². The summed E-state index contributed by atoms with van der Waals surface area (Å²) in [7, 11) is -4.32. The zero-order valence-electron chi connectivity index (χ0n) is 31.1. The number of aryl methyl sites for hydroxylation is 2. The van der Waals surface area contributed by atoms with Gasteiger partial charge in [-0.3, -0.25) is 4.79 Å². The van der Waals surface area contributed by atoms with E-state index in [4.69, 9.17) is 9.47 Å². The maximum atomic E-state index is 14.6. The lowest BCUT2D eigenvalue weighted by atomic mass is 9.59. The summed E-state index contributed by atoms with van der Waals surface area (Å²) in [4.78, 5) is 39.3. The van der Waals surface area contributed by atoms with Crippen molar-refractivity contribution in [2.45, 2.75) is 108 Å². The molecule has 4 aliphatic rings. The van der Waals surface area contributed by atoms with Crippen LogP contribution in [0.1, 0.15) is 87.2 Å². The van der Waals surface area contributed by atoms with Crippen LogP contribution in [0.25, 0.3) is 11.3 Å². The Morgan fingerprint density at radius 2 is 1.63 bits per heavy atom. The Bertz CT molecular complexity index is 2040. The molecule has 1 spiro atoms. The number of ether oxygens (including phenoxy) is 2. The monoisotopic (exact) mass is 769 g/mol. The molecule has 11 nitrogen and oxygen atoms in total. The molecule has 2 saturated carbocycles. The van der Waals surface area contributed by atoms with Crippen molar-refractivity contribution in [1.29, 1.82) is 0 Å². The van der Waals surface area contributed by atoms with Gasteiger partial charge in [0.1, 0.15) is 12.2 Å². The molecule has 2 aliphatic heterocycles. The van der Waals surface area contributed by atoms with Gasteiger partial charge in [-0.15, -0.1) is 0 Å². The third-order valence-electron chi connectivity index (χ3n) is 11.4. The van der Waals surface area contributed by atoms with Crippen LogP contribution in [0.5, 0.6) is 5.88 Å². The lowest BCUT2D eigenvalue weighted by Crippen LogP contribution is -2.60. The van der Waals surface area contributed by atoms with E-state index in [1.54, 1.807) is 11.0 Å². The molecule has 1 atom stereocenters. The van der Waals surface area contributed by atoms with Gasteiger partial charge in [-0.25, -0.2) is 22.9 Å². The number of piperidine rings is 1. The topological polar surface area (TPSA) is 131 Å². The maximum Gasteiger partial charge on any atom is 0.410 e. The number of sulfonamides is 1. The number of carbonyl (C=O) groups is 2. The van der Waals surface area contributed by atoms with Gasteiger partial charge in [-0.05, 0) is 114 Å². The highest BCUT2D eigenvalue weighted by molar-refractivity contribution is 7.92. The number of rotatable bonds is 4. The Hall–Kier alpha value is -4.40. The summed E-state index contributed by atoms with van der Waals surface area (Å²) < 4.78 is 85.6. The highest BCUT2D eigenvalue weighted by atomic mass is 32.2. The lowest BCUT2D eigenvalue weighted by Gasteiger charge is -2.56. The zero-order valence-corrected chi connectivity index (χ0v) is 31.9. The Morgan fingerprint density at radius 1 is 0.981 bits per heavy atom. The van der Waals surface area contributed by atoms with Crippen molar-refractivity contribution >= 4 is 28.0 Å². The summed E-state index contributed by atoms with van der Waals surface area (Å²) >= 11 is 0. The van der Waals surface area contributed by atoms with Gasteiger partial charge in [0.15, 0.2) is 0 Å². The summed E-state index contributed by atoms with van der Waals surface area (Å²) in [5.74, 6) is -0.889. The number of halogens is 3. The maximum absolute atomic E-state index is 14.6. The predicted molar refractivity (Wildman–Crippen MR) is 194 cm³/mol. The van der Waals surface area contributed by atoms with E-state index in [1.165, 1.54) is 29.2 Å². The van der Waals surface area contributed by atoms with Gasteiger partial charge < -0.3 is 19.3 Å². The Morgan fingerprint density at radius 3 is 2.24 bits per heavy atom. The van der Waals surface area contributed by atoms with E-state index in [-0.39, 0.29) is 59.7 Å². The van der Waals surface area contributed by atoms with Crippen molar-refractivity contribution < 1.29 is 40.7 Å². The first-order chi connectivity index (χ1) is 25.3. The van der Waals surface area contributed by atoms with Crippen molar-refractivity contribution in [2.75, 3.05) is 24.4 Å². The van der Waals surface area contributed by atoms with E-state index >= 15 is 0 Å². The van der Waals surface area contributed by atoms with E-state index in [9.17, 15) is 31.2 Å². The lowest BCUT2D eigenvalue weighted by molar-refractivity contribution is -0.194. The number of aromatic nitrogens is 2. The van der Waals surface area contributed by atoms with Gasteiger partial charge in [0, 0.05) is 36.3 Å². The molecule has 1 unspecified atom stereocenters. The standard InChI is InChI=1S/C39H46F3N5O6S/c1-24-8-6-9-25(2)32(24)30-19-31-44-34(43-30)45-54(50,51)29-11-7-10-26(18-29)33(48)47(28(23-52-31)22-38(12-13-38)39(40,41)42)27-20-37(21-27)14-16-46(17-15-37)35(49)53-36(3,4)5/h6-11,18-19,27-28H,12-17,20-23H2,1-5H3,(H,43,44,45). The minimum absolute atomic E-state index is 0.0310. The third kappa shape index (κ3) is 7.47. The molecule has 3 fully saturated rings. The van der Waals surface area contributed by atoms with Crippen LogP contribution in [0.15, 0.2) is 53.4 Å². The summed E-state index contributed by atoms with van der Waals surface area (Å²) in [6.45, 7) is 9.82. The first-order valence-corrected chi connectivity index (χ1v) is 19.8. The molecular formula is C39H46F3N5O6S. The summed E-state index contributed by atoms with van der Waals surface area (Å²) in [6.07, 6.45) is -3.03. The first-order valence-electron chi connectivity index (χ1n) is 18.4. The van der Waals surface area contributed by atoms with Gasteiger partial charge >= 0.3 is 12.3 Å². The molecule has 54 heavy (non-hydrogen) atoms. The van der Waals surface area contributed by atoms with Gasteiger partial charge in [-0.2, -0.15) is 18.2 Å². The van der Waals surface area contributed by atoms with Crippen LogP contribution in [0.4, 0.5) is 23.9 Å². The molecule has 3 heterocycles. The number of nitrogens with zero attached hydrogens (tertiary/aromatic N) is 4. The van der Waals surface area contributed by atoms with E-state index in [0.29, 0.717) is 44.5 Å². The van der Waals surface area contributed by atoms with Gasteiger partial charge in [0.2, 0.25) is 11.8 Å². The number of amides is 2. The van der Waals surface area contributed by atoms with E-state index in [2.05, 4.69) is 14.7 Å². The third-order valence-corrected chi connectivity index (χ3v) is 12.7. The van der Waals surface area contributed by atoms with Crippen LogP contribution >= 0.6 is 0 Å². The van der Waals surface area contributed by atoms with E-state index in [0.717, 1.165) is 16.7 Å². The van der Waals surface area contributed by atoms with Crippen LogP contribution < -0.4 is 9.46 Å². The molecule has 290 valence electrons. The molecular weight excluding hydrogens is 724 g/mol. The number of benzene rings is 2. The Kier molecular flexibility index (Phi) is 9.41. The second kappa shape index (κ2) is 13.4. The molecule has 7 rings (SSSR count). The molecule has 1 saturated heterocycles. The first kappa shape index (κ1) is 37.9. The molecule has 0 radical (unpaired) electrons. The van der Waals surface area contributed by atoms with E-state index < -0.39 is 45.2 Å². The number of hydrogen-bond acceptors (Lipinski definition) is 8. The molecule has 3 aromatic rings. The Balaban J connectivity index is 1.26. The van der Waals surface area contributed by atoms with Crippen molar-refractivity contribution in [3.05, 3.63) is 65.2 Å². The minimum atomic E-state index is -4.49. The van der Waals surface area contributed by atoms with Crippen molar-refractivity contribution in [3.8, 4) is 17.1 Å². The SMILES string of the molecule is Cc1cccc(C)c1-c1cc2nc(n1)NS(=O)(=O)c1cccc(c1)C(=O)N(C1CC3(CCN(C(=O)OC(C)(C)C)CC3)C1)C(CC1(C(F)(F)F)CC1)CO2. The highest BCUT2D eigenvalue weighted by Crippen LogP contribution is 2.61. The number of fused-ring (bicyclic) bond motifs is 4. The quantitative estimate of drug-likeness (QED) is 0.286. The van der Waals surface area contributed by atoms with Crippen LogP contribution in [0.2, 0.25) is 0 Å². The average molecular weight is 770 g/mol. The second-order valence-corrected chi connectivity index (χ2v) is 18.2. The van der Waals surface area contributed by atoms with Crippen molar-refractivity contribution in [2.24, 2.45) is 10.8 Å². The fourth-order valence-corrected chi connectivity index (χ4v) is 9.29. The molecule has 1 N–H and O–H groups in total. The number of hydrogen-bond donors (Lipinski definition) is 1. The minimum Gasteiger partial charge on any atom is -0.475 e. The smallest absolute Gasteiger partial charge is 0.410 e. The molecule has 4 bridgehead atoms. The largest absolute Gasteiger partial charge is 0.475 e. The molecule has 15 heteroatoms. The van der Waals surface area contributed by atoms with E-state index in [1.807, 2.05) is 52.8 Å². The van der Waals surface area contributed by atoms with Crippen LogP contribution in [-0.4, -0.2) is 83.7 Å². The number of nitrogens with one attached hydrogen (secondary N) is 1. The zero-order chi connectivity index (χ0) is 38.8.